The van der Waals surface area contributed by atoms with Crippen LogP contribution >= 0.6 is 11.6 Å². The second-order valence-electron chi connectivity index (χ2n) is 5.79. The minimum Gasteiger partial charge on any atom is -0.366 e. The number of rotatable bonds is 4. The molecule has 2 heterocycles. The summed E-state index contributed by atoms with van der Waals surface area (Å²) in [5, 5.41) is 4.12. The molecule has 1 N–H and O–H groups in total. The standard InChI is InChI=1S/C16H22ClN3O/c1-2-18-10-12-3-5-15(14(17)9-12)19-7-8-20-13(11-19)4-6-16(20)21/h3,5,9,13,18H,2,4,6-8,10-11H2,1H3. The maximum atomic E-state index is 11.7. The van der Waals surface area contributed by atoms with Crippen LogP contribution in [0.25, 0.3) is 0 Å². The number of hydrogen-bond acceptors (Lipinski definition) is 3. The summed E-state index contributed by atoms with van der Waals surface area (Å²) < 4.78 is 0. The molecule has 1 amide bonds. The predicted octanol–water partition coefficient (Wildman–Crippen LogP) is 2.26. The molecule has 0 spiro atoms. The van der Waals surface area contributed by atoms with Gasteiger partial charge in [-0.3, -0.25) is 4.79 Å². The highest BCUT2D eigenvalue weighted by molar-refractivity contribution is 6.33. The molecule has 2 aliphatic rings. The molecule has 0 saturated carbocycles. The summed E-state index contributed by atoms with van der Waals surface area (Å²) in [7, 11) is 0. The first kappa shape index (κ1) is 14.7. The van der Waals surface area contributed by atoms with Gasteiger partial charge in [0.25, 0.3) is 0 Å². The summed E-state index contributed by atoms with van der Waals surface area (Å²) in [6, 6.07) is 6.66. The Morgan fingerprint density at radius 2 is 2.24 bits per heavy atom. The van der Waals surface area contributed by atoms with Gasteiger partial charge in [0.15, 0.2) is 0 Å². The monoisotopic (exact) mass is 307 g/mol. The van der Waals surface area contributed by atoms with Crippen molar-refractivity contribution in [3.8, 4) is 0 Å². The normalized spacial score (nSPS) is 21.8. The number of nitrogens with zero attached hydrogens (tertiary/aromatic N) is 2. The van der Waals surface area contributed by atoms with Crippen LogP contribution in [0.4, 0.5) is 5.69 Å². The Hall–Kier alpha value is -1.26. The van der Waals surface area contributed by atoms with Crippen LogP contribution in [0, 0.1) is 0 Å². The zero-order valence-electron chi connectivity index (χ0n) is 12.4. The van der Waals surface area contributed by atoms with Crippen molar-refractivity contribution in [1.29, 1.82) is 0 Å². The Morgan fingerprint density at radius 1 is 1.38 bits per heavy atom. The van der Waals surface area contributed by atoms with E-state index in [1.54, 1.807) is 0 Å². The Bertz CT molecular complexity index is 534. The number of benzene rings is 1. The quantitative estimate of drug-likeness (QED) is 0.927. The van der Waals surface area contributed by atoms with Gasteiger partial charge in [0, 0.05) is 38.6 Å². The lowest BCUT2D eigenvalue weighted by molar-refractivity contribution is -0.129. The molecule has 0 aromatic heterocycles. The van der Waals surface area contributed by atoms with Crippen LogP contribution in [-0.4, -0.2) is 43.0 Å². The SMILES string of the molecule is CCNCc1ccc(N2CCN3C(=O)CCC3C2)c(Cl)c1. The van der Waals surface area contributed by atoms with E-state index in [2.05, 4.69) is 29.3 Å². The van der Waals surface area contributed by atoms with Gasteiger partial charge in [0.05, 0.1) is 10.7 Å². The molecule has 114 valence electrons. The summed E-state index contributed by atoms with van der Waals surface area (Å²) in [4.78, 5) is 16.1. The molecule has 2 aliphatic heterocycles. The van der Waals surface area contributed by atoms with E-state index < -0.39 is 0 Å². The largest absolute Gasteiger partial charge is 0.366 e. The van der Waals surface area contributed by atoms with Gasteiger partial charge in [-0.05, 0) is 30.7 Å². The summed E-state index contributed by atoms with van der Waals surface area (Å²) >= 11 is 6.46. The van der Waals surface area contributed by atoms with Gasteiger partial charge in [-0.25, -0.2) is 0 Å². The molecular formula is C16H22ClN3O. The van der Waals surface area contributed by atoms with E-state index in [0.717, 1.165) is 49.9 Å². The molecule has 1 aromatic rings. The molecule has 1 aromatic carbocycles. The molecular weight excluding hydrogens is 286 g/mol. The number of nitrogens with one attached hydrogen (secondary N) is 1. The molecule has 0 bridgehead atoms. The smallest absolute Gasteiger partial charge is 0.223 e. The molecule has 3 rings (SSSR count). The number of carbonyl (C=O) groups is 1. The van der Waals surface area contributed by atoms with Crippen molar-refractivity contribution >= 4 is 23.2 Å². The van der Waals surface area contributed by atoms with E-state index >= 15 is 0 Å². The van der Waals surface area contributed by atoms with Gasteiger partial charge in [-0.1, -0.05) is 24.6 Å². The zero-order chi connectivity index (χ0) is 14.8. The highest BCUT2D eigenvalue weighted by Gasteiger charge is 2.35. The van der Waals surface area contributed by atoms with Gasteiger partial charge >= 0.3 is 0 Å². The second kappa shape index (κ2) is 6.24. The van der Waals surface area contributed by atoms with Crippen LogP contribution in [0.15, 0.2) is 18.2 Å². The van der Waals surface area contributed by atoms with E-state index in [-0.39, 0.29) is 0 Å². The lowest BCUT2D eigenvalue weighted by atomic mass is 10.1. The molecule has 0 radical (unpaired) electrons. The van der Waals surface area contributed by atoms with Crippen molar-refractivity contribution in [2.75, 3.05) is 31.1 Å². The number of fused-ring (bicyclic) bond motifs is 1. The van der Waals surface area contributed by atoms with Crippen molar-refractivity contribution in [2.45, 2.75) is 32.4 Å². The molecule has 0 aliphatic carbocycles. The number of carbonyl (C=O) groups excluding carboxylic acids is 1. The Labute approximate surface area is 131 Å². The van der Waals surface area contributed by atoms with Gasteiger partial charge < -0.3 is 15.1 Å². The highest BCUT2D eigenvalue weighted by atomic mass is 35.5. The van der Waals surface area contributed by atoms with E-state index in [9.17, 15) is 4.79 Å². The van der Waals surface area contributed by atoms with E-state index in [1.165, 1.54) is 5.56 Å². The van der Waals surface area contributed by atoms with Gasteiger partial charge in [0.2, 0.25) is 5.91 Å². The fourth-order valence-corrected chi connectivity index (χ4v) is 3.59. The van der Waals surface area contributed by atoms with Crippen molar-refractivity contribution in [3.63, 3.8) is 0 Å². The number of halogens is 1. The summed E-state index contributed by atoms with van der Waals surface area (Å²) in [6.45, 7) is 6.49. The average Bonchev–Trinajstić information content (AvgIpc) is 2.86. The first-order valence-corrected chi connectivity index (χ1v) is 8.10. The number of anilines is 1. The average molecular weight is 308 g/mol. The lowest BCUT2D eigenvalue weighted by Crippen LogP contribution is -2.51. The van der Waals surface area contributed by atoms with Crippen LogP contribution in [0.5, 0.6) is 0 Å². The topological polar surface area (TPSA) is 35.6 Å². The van der Waals surface area contributed by atoms with E-state index in [0.29, 0.717) is 18.4 Å². The minimum absolute atomic E-state index is 0.312. The molecule has 4 nitrogen and oxygen atoms in total. The number of hydrogen-bond donors (Lipinski definition) is 1. The summed E-state index contributed by atoms with van der Waals surface area (Å²) in [6.07, 6.45) is 1.68. The lowest BCUT2D eigenvalue weighted by Gasteiger charge is -2.39. The zero-order valence-corrected chi connectivity index (χ0v) is 13.2. The van der Waals surface area contributed by atoms with Crippen LogP contribution < -0.4 is 10.2 Å². The van der Waals surface area contributed by atoms with Crippen molar-refractivity contribution in [2.24, 2.45) is 0 Å². The minimum atomic E-state index is 0.312. The third kappa shape index (κ3) is 3.01. The molecule has 21 heavy (non-hydrogen) atoms. The Morgan fingerprint density at radius 3 is 3.00 bits per heavy atom. The van der Waals surface area contributed by atoms with E-state index in [1.807, 2.05) is 11.0 Å². The van der Waals surface area contributed by atoms with Crippen molar-refractivity contribution in [3.05, 3.63) is 28.8 Å². The van der Waals surface area contributed by atoms with Crippen LogP contribution in [-0.2, 0) is 11.3 Å². The first-order chi connectivity index (χ1) is 10.2. The maximum Gasteiger partial charge on any atom is 0.223 e. The fraction of sp³-hybridized carbons (Fsp3) is 0.562. The Balaban J connectivity index is 1.71. The van der Waals surface area contributed by atoms with Crippen LogP contribution in [0.1, 0.15) is 25.3 Å². The fourth-order valence-electron chi connectivity index (χ4n) is 3.27. The number of piperazine rings is 1. The summed E-state index contributed by atoms with van der Waals surface area (Å²) in [5.41, 5.74) is 2.30. The van der Waals surface area contributed by atoms with E-state index in [4.69, 9.17) is 11.6 Å². The van der Waals surface area contributed by atoms with Gasteiger partial charge in [0.1, 0.15) is 0 Å². The van der Waals surface area contributed by atoms with Crippen molar-refractivity contribution in [1.82, 2.24) is 10.2 Å². The molecule has 1 unspecified atom stereocenters. The van der Waals surface area contributed by atoms with Crippen LogP contribution in [0.3, 0.4) is 0 Å². The molecule has 2 fully saturated rings. The van der Waals surface area contributed by atoms with Crippen molar-refractivity contribution < 1.29 is 4.79 Å². The maximum absolute atomic E-state index is 11.7. The predicted molar refractivity (Wildman–Crippen MR) is 85.8 cm³/mol. The van der Waals surface area contributed by atoms with Gasteiger partial charge in [-0.15, -0.1) is 0 Å². The highest BCUT2D eigenvalue weighted by Crippen LogP contribution is 2.31. The van der Waals surface area contributed by atoms with Crippen LogP contribution in [0.2, 0.25) is 5.02 Å². The molecule has 5 heteroatoms. The summed E-state index contributed by atoms with van der Waals surface area (Å²) in [5.74, 6) is 0.312. The first-order valence-electron chi connectivity index (χ1n) is 7.72. The van der Waals surface area contributed by atoms with Gasteiger partial charge in [-0.2, -0.15) is 0 Å². The molecule has 2 saturated heterocycles. The molecule has 1 atom stereocenters. The third-order valence-corrected chi connectivity index (χ3v) is 4.73. The third-order valence-electron chi connectivity index (χ3n) is 4.43. The second-order valence-corrected chi connectivity index (χ2v) is 6.20. The Kier molecular flexibility index (Phi) is 4.36. The number of amides is 1.